The third-order valence-electron chi connectivity index (χ3n) is 10.8. The number of aryl methyl sites for hydroxylation is 1. The number of phenols is 2. The molecule has 0 spiro atoms. The number of rotatable bonds is 27. The molecular weight excluding hydrogens is 771 g/mol. The Morgan fingerprint density at radius 3 is 1.87 bits per heavy atom. The lowest BCUT2D eigenvalue weighted by Crippen LogP contribution is -2.24. The van der Waals surface area contributed by atoms with Crippen molar-refractivity contribution >= 4 is 55.1 Å². The second-order valence-electron chi connectivity index (χ2n) is 15.6. The van der Waals surface area contributed by atoms with Crippen LogP contribution in [0.25, 0.3) is 10.8 Å². The molecule has 0 bridgehead atoms. The summed E-state index contributed by atoms with van der Waals surface area (Å²) in [5.74, 6) is 0.0424. The average molecular weight is 834 g/mol. The molecule has 0 atom stereocenters. The van der Waals surface area contributed by atoms with E-state index in [1.807, 2.05) is 24.3 Å². The molecule has 320 valence electrons. The number of carbonyl (C=O) groups is 1. The van der Waals surface area contributed by atoms with E-state index in [2.05, 4.69) is 32.5 Å². The number of unbranched alkanes of at least 4 members (excludes halogenated alkanes) is 15. The summed E-state index contributed by atoms with van der Waals surface area (Å²) in [6.45, 7) is 2.93. The van der Waals surface area contributed by atoms with Crippen LogP contribution in [-0.2, 0) is 21.2 Å². The van der Waals surface area contributed by atoms with Gasteiger partial charge >= 0.3 is 0 Å². The van der Waals surface area contributed by atoms with E-state index in [1.165, 1.54) is 102 Å². The van der Waals surface area contributed by atoms with Gasteiger partial charge in [0.05, 0.1) is 22.0 Å². The van der Waals surface area contributed by atoms with Gasteiger partial charge in [0.1, 0.15) is 17.2 Å². The molecule has 5 aromatic rings. The number of hydrogen-bond acceptors (Lipinski definition) is 8. The van der Waals surface area contributed by atoms with Gasteiger partial charge in [-0.15, -0.1) is 5.11 Å². The van der Waals surface area contributed by atoms with E-state index >= 15 is 0 Å². The zero-order valence-corrected chi connectivity index (χ0v) is 36.0. The highest BCUT2D eigenvalue weighted by Crippen LogP contribution is 2.36. The van der Waals surface area contributed by atoms with Crippen molar-refractivity contribution < 1.29 is 23.4 Å². The number of fused-ring (bicyclic) bond motifs is 1. The van der Waals surface area contributed by atoms with Crippen LogP contribution in [0.3, 0.4) is 0 Å². The molecular formula is C49H63N5O5S. The molecule has 0 radical (unpaired) electrons. The molecule has 0 saturated heterocycles. The number of carbonyl (C=O) groups excluding carboxylic acids is 1. The van der Waals surface area contributed by atoms with Crippen molar-refractivity contribution in [2.45, 2.75) is 127 Å². The number of nitrogens with one attached hydrogen (secondary N) is 3. The van der Waals surface area contributed by atoms with Crippen LogP contribution < -0.4 is 15.4 Å². The summed E-state index contributed by atoms with van der Waals surface area (Å²) in [7, 11) is -3.99. The Hall–Kier alpha value is -5.42. The van der Waals surface area contributed by atoms with Crippen LogP contribution in [0.4, 0.5) is 28.4 Å². The minimum absolute atomic E-state index is 0.00455. The predicted octanol–water partition coefficient (Wildman–Crippen LogP) is 13.5. The number of sulfonamides is 1. The fourth-order valence-corrected chi connectivity index (χ4v) is 8.37. The van der Waals surface area contributed by atoms with Gasteiger partial charge in [0.2, 0.25) is 5.91 Å². The lowest BCUT2D eigenvalue weighted by molar-refractivity contribution is -0.121. The third kappa shape index (κ3) is 15.0. The van der Waals surface area contributed by atoms with Crippen LogP contribution in [-0.4, -0.2) is 31.1 Å². The number of anilines is 3. The Balaban J connectivity index is 1.02. The number of hydrogen-bond donors (Lipinski definition) is 5. The second-order valence-corrected chi connectivity index (χ2v) is 17.3. The van der Waals surface area contributed by atoms with Gasteiger partial charge in [0.25, 0.3) is 10.0 Å². The van der Waals surface area contributed by atoms with E-state index in [9.17, 15) is 23.4 Å². The van der Waals surface area contributed by atoms with Crippen LogP contribution in [0, 0.1) is 0 Å². The Morgan fingerprint density at radius 2 is 1.20 bits per heavy atom. The quantitative estimate of drug-likeness (QED) is 0.0202. The van der Waals surface area contributed by atoms with Gasteiger partial charge in [0, 0.05) is 24.0 Å². The number of azo groups is 1. The predicted molar refractivity (Wildman–Crippen MR) is 246 cm³/mol. The number of nitrogens with zero attached hydrogens (tertiary/aromatic N) is 2. The summed E-state index contributed by atoms with van der Waals surface area (Å²) in [6, 6.07) is 28.8. The molecule has 0 aliphatic rings. The van der Waals surface area contributed by atoms with Crippen molar-refractivity contribution in [3.05, 3.63) is 109 Å². The molecule has 10 nitrogen and oxygen atoms in total. The number of para-hydroxylation sites is 2. The summed E-state index contributed by atoms with van der Waals surface area (Å²) >= 11 is 0. The topological polar surface area (TPSA) is 152 Å². The van der Waals surface area contributed by atoms with Crippen molar-refractivity contribution in [3.8, 4) is 11.5 Å². The maximum Gasteiger partial charge on any atom is 0.261 e. The molecule has 0 unspecified atom stereocenters. The van der Waals surface area contributed by atoms with E-state index in [0.717, 1.165) is 23.6 Å². The maximum absolute atomic E-state index is 13.5. The van der Waals surface area contributed by atoms with E-state index < -0.39 is 10.0 Å². The van der Waals surface area contributed by atoms with Gasteiger partial charge in [-0.25, -0.2) is 8.42 Å². The van der Waals surface area contributed by atoms with Crippen molar-refractivity contribution in [2.24, 2.45) is 10.2 Å². The highest BCUT2D eigenvalue weighted by atomic mass is 32.2. The first kappa shape index (κ1) is 45.7. The number of amides is 1. The van der Waals surface area contributed by atoms with Gasteiger partial charge in [-0.1, -0.05) is 146 Å². The molecule has 0 aromatic heterocycles. The van der Waals surface area contributed by atoms with Crippen molar-refractivity contribution in [1.82, 2.24) is 5.32 Å². The van der Waals surface area contributed by atoms with Gasteiger partial charge < -0.3 is 20.8 Å². The highest BCUT2D eigenvalue weighted by Gasteiger charge is 2.17. The molecule has 0 heterocycles. The molecule has 1 amide bonds. The minimum atomic E-state index is -3.99. The zero-order chi connectivity index (χ0) is 42.4. The van der Waals surface area contributed by atoms with Crippen molar-refractivity contribution in [1.29, 1.82) is 0 Å². The van der Waals surface area contributed by atoms with Crippen LogP contribution in [0.2, 0.25) is 0 Å². The average Bonchev–Trinajstić information content (AvgIpc) is 3.25. The number of benzene rings is 5. The summed E-state index contributed by atoms with van der Waals surface area (Å²) in [6.07, 6.45) is 21.6. The van der Waals surface area contributed by atoms with Gasteiger partial charge in [-0.3, -0.25) is 9.52 Å². The lowest BCUT2D eigenvalue weighted by Gasteiger charge is -2.15. The van der Waals surface area contributed by atoms with E-state index in [1.54, 1.807) is 66.7 Å². The molecule has 5 rings (SSSR count). The standard InChI is InChI=1S/C49H63N5O5S/c1-2-3-4-5-6-7-8-9-10-11-12-13-14-15-16-21-36-50-48(57)35-27-39-37-41(30-34-46(39)55)51-44-24-19-20-25-45(44)54-60(58,59)42-31-28-40(29-32-42)52-53-49-43-23-18-17-22-38(43)26-33-47(49)56/h17-20,22-26,28-34,37,51,54-56H,2-16,21,27,35-36H2,1H3,(H,50,57)/b53-52+. The third-order valence-corrected chi connectivity index (χ3v) is 12.2. The minimum Gasteiger partial charge on any atom is -0.508 e. The first-order valence-electron chi connectivity index (χ1n) is 21.9. The summed E-state index contributed by atoms with van der Waals surface area (Å²) < 4.78 is 29.6. The fourth-order valence-electron chi connectivity index (χ4n) is 7.29. The van der Waals surface area contributed by atoms with Crippen LogP contribution in [0.5, 0.6) is 11.5 Å². The molecule has 11 heteroatoms. The van der Waals surface area contributed by atoms with Crippen LogP contribution in [0.1, 0.15) is 122 Å². The Morgan fingerprint density at radius 1 is 0.617 bits per heavy atom. The smallest absolute Gasteiger partial charge is 0.261 e. The second kappa shape index (κ2) is 24.6. The van der Waals surface area contributed by atoms with E-state index in [0.29, 0.717) is 47.0 Å². The van der Waals surface area contributed by atoms with Gasteiger partial charge in [-0.05, 0) is 84.5 Å². The number of aromatic hydroxyl groups is 2. The molecule has 0 fully saturated rings. The summed E-state index contributed by atoms with van der Waals surface area (Å²) in [4.78, 5) is 12.7. The Kier molecular flexibility index (Phi) is 18.7. The first-order valence-corrected chi connectivity index (χ1v) is 23.4. The van der Waals surface area contributed by atoms with E-state index in [-0.39, 0.29) is 28.7 Å². The molecule has 0 aliphatic carbocycles. The monoisotopic (exact) mass is 833 g/mol. The molecule has 0 saturated carbocycles. The van der Waals surface area contributed by atoms with Crippen molar-refractivity contribution in [3.63, 3.8) is 0 Å². The van der Waals surface area contributed by atoms with Gasteiger partial charge in [0.15, 0.2) is 0 Å². The Bertz CT molecular complexity index is 2230. The highest BCUT2D eigenvalue weighted by molar-refractivity contribution is 7.92. The molecule has 5 aromatic carbocycles. The first-order chi connectivity index (χ1) is 29.2. The largest absolute Gasteiger partial charge is 0.508 e. The SMILES string of the molecule is CCCCCCCCCCCCCCCCCCNC(=O)CCc1cc(Nc2ccccc2NS(=O)(=O)c2ccc(/N=N/c3c(O)ccc4ccccc34)cc2)ccc1O. The number of phenolic OH excluding ortho intramolecular Hbond substituents is 2. The summed E-state index contributed by atoms with van der Waals surface area (Å²) in [5.41, 5.74) is 2.83. The Labute approximate surface area is 357 Å². The van der Waals surface area contributed by atoms with Crippen LogP contribution in [0.15, 0.2) is 118 Å². The lowest BCUT2D eigenvalue weighted by atomic mass is 10.0. The fraction of sp³-hybridized carbons (Fsp3) is 0.408. The maximum atomic E-state index is 13.5. The van der Waals surface area contributed by atoms with Gasteiger partial charge in [-0.2, -0.15) is 5.11 Å². The molecule has 5 N–H and O–H groups in total. The normalized spacial score (nSPS) is 11.6. The zero-order valence-electron chi connectivity index (χ0n) is 35.2. The molecule has 0 aliphatic heterocycles. The van der Waals surface area contributed by atoms with Crippen LogP contribution >= 0.6 is 0 Å². The molecule has 60 heavy (non-hydrogen) atoms. The van der Waals surface area contributed by atoms with E-state index in [4.69, 9.17) is 0 Å². The summed E-state index contributed by atoms with van der Waals surface area (Å²) in [5, 5.41) is 37.4. The van der Waals surface area contributed by atoms with Crippen molar-refractivity contribution in [2.75, 3.05) is 16.6 Å².